The number of hydrogen-bond donors (Lipinski definition) is 4. The van der Waals surface area contributed by atoms with E-state index in [0.717, 1.165) is 5.39 Å². The van der Waals surface area contributed by atoms with Crippen LogP contribution >= 0.6 is 11.3 Å². The first kappa shape index (κ1) is 20.1. The molecule has 0 aliphatic carbocycles. The number of fused-ring (bicyclic) bond motifs is 1. The molecule has 3 aromatic rings. The molecule has 0 saturated carbocycles. The third-order valence-electron chi connectivity index (χ3n) is 3.97. The van der Waals surface area contributed by atoms with Gasteiger partial charge in [0.05, 0.1) is 18.0 Å². The van der Waals surface area contributed by atoms with Gasteiger partial charge in [0, 0.05) is 10.9 Å². The van der Waals surface area contributed by atoms with Crippen LogP contribution in [0.2, 0.25) is 0 Å². The van der Waals surface area contributed by atoms with E-state index in [1.807, 2.05) is 12.1 Å². The van der Waals surface area contributed by atoms with Gasteiger partial charge in [0.2, 0.25) is 5.91 Å². The fourth-order valence-corrected chi connectivity index (χ4v) is 3.16. The van der Waals surface area contributed by atoms with Crippen molar-refractivity contribution in [3.63, 3.8) is 0 Å². The third-order valence-corrected chi connectivity index (χ3v) is 4.83. The predicted molar refractivity (Wildman–Crippen MR) is 106 cm³/mol. The highest BCUT2D eigenvalue weighted by Crippen LogP contribution is 2.24. The fourth-order valence-electron chi connectivity index (χ4n) is 2.52. The van der Waals surface area contributed by atoms with Crippen molar-refractivity contribution in [2.75, 3.05) is 13.1 Å². The number of rotatable bonds is 6. The summed E-state index contributed by atoms with van der Waals surface area (Å²) < 4.78 is 5.50. The zero-order chi connectivity index (χ0) is 20.8. The molecule has 9 nitrogen and oxygen atoms in total. The molecule has 0 aliphatic rings. The second kappa shape index (κ2) is 9.02. The van der Waals surface area contributed by atoms with E-state index in [-0.39, 0.29) is 24.8 Å². The van der Waals surface area contributed by atoms with Gasteiger partial charge in [-0.05, 0) is 24.4 Å². The number of furan rings is 1. The zero-order valence-corrected chi connectivity index (χ0v) is 16.2. The Morgan fingerprint density at radius 1 is 0.897 bits per heavy atom. The Bertz CT molecular complexity index is 1060. The van der Waals surface area contributed by atoms with Crippen LogP contribution in [0.4, 0.5) is 0 Å². The van der Waals surface area contributed by atoms with Crippen LogP contribution in [0.15, 0.2) is 46.2 Å². The van der Waals surface area contributed by atoms with Crippen LogP contribution in [0.3, 0.4) is 0 Å². The molecule has 0 aliphatic heterocycles. The van der Waals surface area contributed by atoms with Crippen LogP contribution in [0.25, 0.3) is 11.0 Å². The number of thiophene rings is 1. The number of benzene rings is 1. The largest absolute Gasteiger partial charge is 0.451 e. The van der Waals surface area contributed by atoms with Gasteiger partial charge in [0.15, 0.2) is 5.76 Å². The highest BCUT2D eigenvalue weighted by Gasteiger charge is 2.18. The Kier molecular flexibility index (Phi) is 6.25. The number of hydrazine groups is 1. The van der Waals surface area contributed by atoms with Crippen molar-refractivity contribution in [3.05, 3.63) is 58.0 Å². The number of para-hydroxylation sites is 1. The zero-order valence-electron chi connectivity index (χ0n) is 15.4. The Balaban J connectivity index is 1.41. The van der Waals surface area contributed by atoms with E-state index in [1.54, 1.807) is 36.6 Å². The number of carbonyl (C=O) groups excluding carboxylic acids is 4. The molecule has 0 spiro atoms. The van der Waals surface area contributed by atoms with Gasteiger partial charge in [-0.2, -0.15) is 0 Å². The average molecular weight is 414 g/mol. The number of carbonyl (C=O) groups is 4. The first-order chi connectivity index (χ1) is 14.0. The van der Waals surface area contributed by atoms with Gasteiger partial charge in [-0.3, -0.25) is 30.0 Å². The molecule has 29 heavy (non-hydrogen) atoms. The molecule has 4 amide bonds. The lowest BCUT2D eigenvalue weighted by molar-refractivity contribution is -0.125. The quantitative estimate of drug-likeness (QED) is 0.449. The van der Waals surface area contributed by atoms with E-state index in [4.69, 9.17) is 4.42 Å². The van der Waals surface area contributed by atoms with Crippen molar-refractivity contribution in [1.82, 2.24) is 21.5 Å². The van der Waals surface area contributed by atoms with Crippen molar-refractivity contribution in [2.24, 2.45) is 0 Å². The summed E-state index contributed by atoms with van der Waals surface area (Å²) in [6.45, 7) is 1.11. The van der Waals surface area contributed by atoms with Gasteiger partial charge in [0.25, 0.3) is 11.8 Å². The standard InChI is InChI=1S/C19H18N4O5S/c1-11-12-5-2-3-6-13(12)28-17(11)19(27)23-22-16(25)10-20-15(24)9-21-18(26)14-7-4-8-29-14/h2-8H,9-10H2,1H3,(H,20,24)(H,21,26)(H,22,25)(H,23,27). The summed E-state index contributed by atoms with van der Waals surface area (Å²) in [6, 6.07) is 10.6. The molecule has 2 heterocycles. The summed E-state index contributed by atoms with van der Waals surface area (Å²) in [7, 11) is 0. The van der Waals surface area contributed by atoms with Gasteiger partial charge < -0.3 is 15.1 Å². The molecule has 0 atom stereocenters. The molecule has 150 valence electrons. The van der Waals surface area contributed by atoms with Gasteiger partial charge in [-0.25, -0.2) is 0 Å². The van der Waals surface area contributed by atoms with Gasteiger partial charge in [-0.1, -0.05) is 24.3 Å². The molecule has 0 saturated heterocycles. The highest BCUT2D eigenvalue weighted by atomic mass is 32.1. The molecule has 0 unspecified atom stereocenters. The first-order valence-corrected chi connectivity index (χ1v) is 9.49. The lowest BCUT2D eigenvalue weighted by Gasteiger charge is -2.08. The Morgan fingerprint density at radius 3 is 2.38 bits per heavy atom. The van der Waals surface area contributed by atoms with Crippen LogP contribution in [-0.4, -0.2) is 36.7 Å². The molecule has 10 heteroatoms. The number of nitrogens with one attached hydrogen (secondary N) is 4. The summed E-state index contributed by atoms with van der Waals surface area (Å²) >= 11 is 1.25. The van der Waals surface area contributed by atoms with Crippen molar-refractivity contribution in [2.45, 2.75) is 6.92 Å². The summed E-state index contributed by atoms with van der Waals surface area (Å²) in [5.74, 6) is -2.06. The van der Waals surface area contributed by atoms with Crippen molar-refractivity contribution < 1.29 is 23.6 Å². The van der Waals surface area contributed by atoms with Crippen LogP contribution in [0.1, 0.15) is 25.8 Å². The second-order valence-electron chi connectivity index (χ2n) is 5.99. The second-order valence-corrected chi connectivity index (χ2v) is 6.94. The molecule has 0 bridgehead atoms. The monoisotopic (exact) mass is 414 g/mol. The molecule has 0 fully saturated rings. The Morgan fingerprint density at radius 2 is 1.66 bits per heavy atom. The predicted octanol–water partition coefficient (Wildman–Crippen LogP) is 1.11. The maximum Gasteiger partial charge on any atom is 0.305 e. The van der Waals surface area contributed by atoms with Crippen molar-refractivity contribution in [1.29, 1.82) is 0 Å². The maximum absolute atomic E-state index is 12.2. The normalized spacial score (nSPS) is 10.4. The maximum atomic E-state index is 12.2. The number of aryl methyl sites for hydroxylation is 1. The lowest BCUT2D eigenvalue weighted by Crippen LogP contribution is -2.47. The van der Waals surface area contributed by atoms with E-state index in [9.17, 15) is 19.2 Å². The minimum absolute atomic E-state index is 0.0897. The summed E-state index contributed by atoms with van der Waals surface area (Å²) in [4.78, 5) is 48.0. The summed E-state index contributed by atoms with van der Waals surface area (Å²) in [6.07, 6.45) is 0. The smallest absolute Gasteiger partial charge is 0.305 e. The molecule has 3 rings (SSSR count). The molecule has 4 N–H and O–H groups in total. The number of amides is 4. The van der Waals surface area contributed by atoms with E-state index in [2.05, 4.69) is 21.5 Å². The minimum atomic E-state index is -0.634. The van der Waals surface area contributed by atoms with Crippen LogP contribution in [0, 0.1) is 6.92 Å². The summed E-state index contributed by atoms with van der Waals surface area (Å²) in [5.41, 5.74) is 5.66. The van der Waals surface area contributed by atoms with E-state index in [1.165, 1.54) is 11.3 Å². The Hall–Kier alpha value is -3.66. The first-order valence-electron chi connectivity index (χ1n) is 8.61. The van der Waals surface area contributed by atoms with Crippen LogP contribution < -0.4 is 21.5 Å². The molecular weight excluding hydrogens is 396 g/mol. The average Bonchev–Trinajstić information content (AvgIpc) is 3.37. The Labute approximate surface area is 169 Å². The third kappa shape index (κ3) is 4.99. The van der Waals surface area contributed by atoms with E-state index < -0.39 is 17.7 Å². The SMILES string of the molecule is Cc1c(C(=O)NNC(=O)CNC(=O)CNC(=O)c2cccs2)oc2ccccc12. The molecular formula is C19H18N4O5S. The van der Waals surface area contributed by atoms with Crippen molar-refractivity contribution >= 4 is 45.9 Å². The highest BCUT2D eigenvalue weighted by molar-refractivity contribution is 7.12. The molecule has 1 aromatic carbocycles. The van der Waals surface area contributed by atoms with Gasteiger partial charge in [0.1, 0.15) is 5.58 Å². The molecule has 0 radical (unpaired) electrons. The topological polar surface area (TPSA) is 130 Å². The lowest BCUT2D eigenvalue weighted by atomic mass is 10.1. The van der Waals surface area contributed by atoms with Crippen LogP contribution in [0.5, 0.6) is 0 Å². The van der Waals surface area contributed by atoms with E-state index in [0.29, 0.717) is 16.0 Å². The van der Waals surface area contributed by atoms with Crippen LogP contribution in [-0.2, 0) is 9.59 Å². The number of hydrogen-bond acceptors (Lipinski definition) is 6. The summed E-state index contributed by atoms with van der Waals surface area (Å²) in [5, 5.41) is 7.34. The van der Waals surface area contributed by atoms with Crippen molar-refractivity contribution in [3.8, 4) is 0 Å². The van der Waals surface area contributed by atoms with E-state index >= 15 is 0 Å². The van der Waals surface area contributed by atoms with Gasteiger partial charge in [-0.15, -0.1) is 11.3 Å². The molecule has 2 aromatic heterocycles. The van der Waals surface area contributed by atoms with Gasteiger partial charge >= 0.3 is 5.91 Å². The fraction of sp³-hybridized carbons (Fsp3) is 0.158. The minimum Gasteiger partial charge on any atom is -0.451 e.